The lowest BCUT2D eigenvalue weighted by Crippen LogP contribution is -2.50. The monoisotopic (exact) mass is 446 g/mol. The second-order valence-electron chi connectivity index (χ2n) is 7.97. The molecule has 3 rings (SSSR count). The van der Waals surface area contributed by atoms with Gasteiger partial charge in [0.05, 0.1) is 6.42 Å². The molecular formula is C24H28Cl2N2O2. The van der Waals surface area contributed by atoms with Crippen molar-refractivity contribution in [2.75, 3.05) is 0 Å². The molecule has 0 aromatic heterocycles. The predicted octanol–water partition coefficient (Wildman–Crippen LogP) is 5.40. The topological polar surface area (TPSA) is 49.4 Å². The minimum Gasteiger partial charge on any atom is -0.352 e. The number of amides is 2. The van der Waals surface area contributed by atoms with Crippen molar-refractivity contribution >= 4 is 35.0 Å². The van der Waals surface area contributed by atoms with Crippen LogP contribution in [0.15, 0.2) is 48.5 Å². The summed E-state index contributed by atoms with van der Waals surface area (Å²) in [5, 5.41) is 4.42. The molecule has 0 heterocycles. The van der Waals surface area contributed by atoms with Crippen molar-refractivity contribution < 1.29 is 9.59 Å². The average Bonchev–Trinajstić information content (AvgIpc) is 2.75. The predicted molar refractivity (Wildman–Crippen MR) is 122 cm³/mol. The Morgan fingerprint density at radius 2 is 1.47 bits per heavy atom. The Hall–Kier alpha value is -2.04. The highest BCUT2D eigenvalue weighted by Crippen LogP contribution is 2.19. The van der Waals surface area contributed by atoms with E-state index in [4.69, 9.17) is 23.2 Å². The third-order valence-electron chi connectivity index (χ3n) is 5.65. The minimum absolute atomic E-state index is 0.0969. The van der Waals surface area contributed by atoms with Gasteiger partial charge in [-0.05, 0) is 55.2 Å². The lowest BCUT2D eigenvalue weighted by atomic mass is 9.95. The molecular weight excluding hydrogens is 419 g/mol. The smallest absolute Gasteiger partial charge is 0.242 e. The highest BCUT2D eigenvalue weighted by molar-refractivity contribution is 6.30. The van der Waals surface area contributed by atoms with Crippen LogP contribution in [0.5, 0.6) is 0 Å². The molecule has 30 heavy (non-hydrogen) atoms. The van der Waals surface area contributed by atoms with Gasteiger partial charge in [-0.15, -0.1) is 0 Å². The summed E-state index contributed by atoms with van der Waals surface area (Å²) in [6, 6.07) is 14.2. The van der Waals surface area contributed by atoms with E-state index in [1.807, 2.05) is 24.3 Å². The van der Waals surface area contributed by atoms with Crippen LogP contribution >= 0.6 is 23.2 Å². The third kappa shape index (κ3) is 6.48. The van der Waals surface area contributed by atoms with Crippen molar-refractivity contribution in [3.05, 3.63) is 69.7 Å². The van der Waals surface area contributed by atoms with Crippen LogP contribution in [0.25, 0.3) is 0 Å². The third-order valence-corrected chi connectivity index (χ3v) is 6.16. The fraction of sp³-hybridized carbons (Fsp3) is 0.417. The number of carbonyl (C=O) groups excluding carboxylic acids is 2. The minimum atomic E-state index is -0.567. The zero-order valence-electron chi connectivity index (χ0n) is 17.2. The van der Waals surface area contributed by atoms with Crippen molar-refractivity contribution in [1.29, 1.82) is 0 Å². The molecule has 2 aromatic carbocycles. The molecule has 1 saturated carbocycles. The molecule has 2 aromatic rings. The number of nitrogens with one attached hydrogen (secondary N) is 1. The average molecular weight is 447 g/mol. The van der Waals surface area contributed by atoms with Gasteiger partial charge < -0.3 is 10.2 Å². The van der Waals surface area contributed by atoms with E-state index in [9.17, 15) is 9.59 Å². The van der Waals surface area contributed by atoms with Crippen LogP contribution in [0.1, 0.15) is 50.2 Å². The Labute approximate surface area is 188 Å². The largest absolute Gasteiger partial charge is 0.352 e. The first-order valence-electron chi connectivity index (χ1n) is 10.5. The van der Waals surface area contributed by atoms with E-state index in [0.29, 0.717) is 16.6 Å². The molecule has 1 aliphatic rings. The Morgan fingerprint density at radius 1 is 0.933 bits per heavy atom. The molecule has 2 amide bonds. The molecule has 1 aliphatic carbocycles. The van der Waals surface area contributed by atoms with Crippen molar-refractivity contribution in [3.8, 4) is 0 Å². The summed E-state index contributed by atoms with van der Waals surface area (Å²) in [4.78, 5) is 27.8. The van der Waals surface area contributed by atoms with Gasteiger partial charge in [-0.25, -0.2) is 0 Å². The van der Waals surface area contributed by atoms with Gasteiger partial charge in [-0.1, -0.05) is 66.7 Å². The standard InChI is InChI=1S/C24H28Cl2N2O2/c1-17(24(30)27-22-5-3-2-4-6-22)28(16-19-9-13-21(26)14-10-19)23(29)15-18-7-11-20(25)12-8-18/h7-14,17,22H,2-6,15-16H2,1H3,(H,27,30)/t17-/m0/s1. The molecule has 1 atom stereocenters. The molecule has 1 N–H and O–H groups in total. The van der Waals surface area contributed by atoms with Crippen LogP contribution in [-0.2, 0) is 22.6 Å². The second kappa shape index (κ2) is 10.8. The molecule has 0 saturated heterocycles. The van der Waals surface area contributed by atoms with Crippen molar-refractivity contribution in [3.63, 3.8) is 0 Å². The maximum absolute atomic E-state index is 13.2. The lowest BCUT2D eigenvalue weighted by Gasteiger charge is -2.31. The summed E-state index contributed by atoms with van der Waals surface area (Å²) >= 11 is 12.0. The van der Waals surface area contributed by atoms with E-state index in [-0.39, 0.29) is 24.3 Å². The number of hydrogen-bond donors (Lipinski definition) is 1. The Bertz CT molecular complexity index is 847. The maximum Gasteiger partial charge on any atom is 0.242 e. The lowest BCUT2D eigenvalue weighted by molar-refractivity contribution is -0.140. The molecule has 0 spiro atoms. The number of carbonyl (C=O) groups is 2. The quantitative estimate of drug-likeness (QED) is 0.618. The summed E-state index contributed by atoms with van der Waals surface area (Å²) in [7, 11) is 0. The van der Waals surface area contributed by atoms with Gasteiger partial charge in [0, 0.05) is 22.6 Å². The molecule has 160 valence electrons. The fourth-order valence-electron chi connectivity index (χ4n) is 3.82. The van der Waals surface area contributed by atoms with Gasteiger partial charge in [0.25, 0.3) is 0 Å². The summed E-state index contributed by atoms with van der Waals surface area (Å²) in [6.45, 7) is 2.15. The van der Waals surface area contributed by atoms with Gasteiger partial charge in [0.15, 0.2) is 0 Å². The Balaban J connectivity index is 1.74. The molecule has 6 heteroatoms. The summed E-state index contributed by atoms with van der Waals surface area (Å²) in [5.41, 5.74) is 1.80. The van der Waals surface area contributed by atoms with Crippen molar-refractivity contribution in [2.45, 2.75) is 64.1 Å². The molecule has 0 radical (unpaired) electrons. The van der Waals surface area contributed by atoms with Crippen LogP contribution in [0, 0.1) is 0 Å². The number of rotatable bonds is 7. The number of halogens is 2. The highest BCUT2D eigenvalue weighted by atomic mass is 35.5. The van der Waals surface area contributed by atoms with E-state index in [1.165, 1.54) is 6.42 Å². The zero-order chi connectivity index (χ0) is 21.5. The van der Waals surface area contributed by atoms with E-state index in [0.717, 1.165) is 36.8 Å². The first-order valence-corrected chi connectivity index (χ1v) is 11.3. The SMILES string of the molecule is C[C@@H](C(=O)NC1CCCCC1)N(Cc1ccc(Cl)cc1)C(=O)Cc1ccc(Cl)cc1. The van der Waals surface area contributed by atoms with Gasteiger partial charge in [-0.2, -0.15) is 0 Å². The maximum atomic E-state index is 13.2. The second-order valence-corrected chi connectivity index (χ2v) is 8.84. The molecule has 4 nitrogen and oxygen atoms in total. The number of nitrogens with zero attached hydrogens (tertiary/aromatic N) is 1. The van der Waals surface area contributed by atoms with Crippen molar-refractivity contribution in [2.24, 2.45) is 0 Å². The Morgan fingerprint density at radius 3 is 2.03 bits per heavy atom. The highest BCUT2D eigenvalue weighted by Gasteiger charge is 2.28. The zero-order valence-corrected chi connectivity index (χ0v) is 18.8. The first kappa shape index (κ1) is 22.6. The molecule has 0 unspecified atom stereocenters. The van der Waals surface area contributed by atoms with Gasteiger partial charge in [0.1, 0.15) is 6.04 Å². The van der Waals surface area contributed by atoms with Gasteiger partial charge >= 0.3 is 0 Å². The number of benzene rings is 2. The molecule has 0 aliphatic heterocycles. The van der Waals surface area contributed by atoms with Crippen LogP contribution in [0.4, 0.5) is 0 Å². The van der Waals surface area contributed by atoms with Crippen molar-refractivity contribution in [1.82, 2.24) is 10.2 Å². The van der Waals surface area contributed by atoms with Crippen LogP contribution in [-0.4, -0.2) is 28.8 Å². The summed E-state index contributed by atoms with van der Waals surface area (Å²) in [5.74, 6) is -0.195. The van der Waals surface area contributed by atoms with E-state index >= 15 is 0 Å². The van der Waals surface area contributed by atoms with Crippen LogP contribution in [0.2, 0.25) is 10.0 Å². The van der Waals surface area contributed by atoms with Crippen LogP contribution in [0.3, 0.4) is 0 Å². The van der Waals surface area contributed by atoms with E-state index in [2.05, 4.69) is 5.32 Å². The summed E-state index contributed by atoms with van der Waals surface area (Å²) in [6.07, 6.45) is 5.74. The number of hydrogen-bond acceptors (Lipinski definition) is 2. The van der Waals surface area contributed by atoms with Gasteiger partial charge in [-0.3, -0.25) is 9.59 Å². The van der Waals surface area contributed by atoms with Gasteiger partial charge in [0.2, 0.25) is 11.8 Å². The van der Waals surface area contributed by atoms with E-state index in [1.54, 1.807) is 36.1 Å². The first-order chi connectivity index (χ1) is 14.4. The normalized spacial score (nSPS) is 15.4. The fourth-order valence-corrected chi connectivity index (χ4v) is 4.07. The molecule has 1 fully saturated rings. The molecule has 0 bridgehead atoms. The van der Waals surface area contributed by atoms with E-state index < -0.39 is 6.04 Å². The Kier molecular flexibility index (Phi) is 8.17. The summed E-state index contributed by atoms with van der Waals surface area (Å²) < 4.78 is 0. The van der Waals surface area contributed by atoms with Crippen LogP contribution < -0.4 is 5.32 Å².